The number of ether oxygens (including phenoxy) is 1. The molecule has 0 saturated carbocycles. The molecule has 1 aliphatic rings. The lowest BCUT2D eigenvalue weighted by Crippen LogP contribution is -2.45. The first-order chi connectivity index (χ1) is 6.16. The largest absolute Gasteiger partial charge is 0.453 e. The monoisotopic (exact) mass is 189 g/mol. The molecule has 2 atom stereocenters. The van der Waals surface area contributed by atoms with E-state index in [1.807, 2.05) is 0 Å². The lowest BCUT2D eigenvalue weighted by molar-refractivity contribution is -0.0670. The summed E-state index contributed by atoms with van der Waals surface area (Å²) in [4.78, 5) is 12.3. The van der Waals surface area contributed by atoms with E-state index in [2.05, 4.69) is 4.74 Å². The maximum atomic E-state index is 11.1. The minimum Gasteiger partial charge on any atom is -0.453 e. The van der Waals surface area contributed by atoms with Crippen molar-refractivity contribution in [3.63, 3.8) is 0 Å². The molecular formula is C8H15NO4. The Labute approximate surface area is 76.9 Å². The van der Waals surface area contributed by atoms with Gasteiger partial charge in [-0.15, -0.1) is 0 Å². The molecule has 0 radical (unpaired) electrons. The van der Waals surface area contributed by atoms with E-state index < -0.39 is 18.4 Å². The minimum absolute atomic E-state index is 0.435. The van der Waals surface area contributed by atoms with E-state index in [4.69, 9.17) is 0 Å². The van der Waals surface area contributed by atoms with Gasteiger partial charge in [-0.25, -0.2) is 4.79 Å². The van der Waals surface area contributed by atoms with E-state index in [-0.39, 0.29) is 0 Å². The molecule has 13 heavy (non-hydrogen) atoms. The van der Waals surface area contributed by atoms with Crippen LogP contribution in [-0.4, -0.2) is 47.2 Å². The Morgan fingerprint density at radius 1 is 1.46 bits per heavy atom. The second-order valence-corrected chi connectivity index (χ2v) is 3.14. The third-order valence-corrected chi connectivity index (χ3v) is 2.22. The molecule has 0 aromatic carbocycles. The maximum absolute atomic E-state index is 11.1. The molecule has 1 fully saturated rings. The number of likely N-dealkylation sites (tertiary alicyclic amines) is 1. The Hall–Kier alpha value is -0.810. The van der Waals surface area contributed by atoms with Gasteiger partial charge in [-0.1, -0.05) is 0 Å². The van der Waals surface area contributed by atoms with Crippen LogP contribution < -0.4 is 0 Å². The average molecular weight is 189 g/mol. The molecule has 0 bridgehead atoms. The summed E-state index contributed by atoms with van der Waals surface area (Å²) in [5, 5.41) is 18.9. The summed E-state index contributed by atoms with van der Waals surface area (Å²) in [6.45, 7) is 0.435. The van der Waals surface area contributed by atoms with Crippen molar-refractivity contribution < 1.29 is 19.7 Å². The summed E-state index contributed by atoms with van der Waals surface area (Å²) in [7, 11) is 1.26. The molecule has 1 rings (SSSR count). The van der Waals surface area contributed by atoms with Gasteiger partial charge in [0.05, 0.1) is 13.2 Å². The van der Waals surface area contributed by atoms with E-state index in [0.29, 0.717) is 13.0 Å². The van der Waals surface area contributed by atoms with Gasteiger partial charge in [-0.3, -0.25) is 4.90 Å². The van der Waals surface area contributed by atoms with Crippen molar-refractivity contribution in [3.8, 4) is 0 Å². The average Bonchev–Trinajstić information content (AvgIpc) is 2.29. The quantitative estimate of drug-likeness (QED) is 0.559. The summed E-state index contributed by atoms with van der Waals surface area (Å²) in [5.74, 6) is 0. The van der Waals surface area contributed by atoms with Gasteiger partial charge in [0.2, 0.25) is 0 Å². The lowest BCUT2D eigenvalue weighted by Gasteiger charge is -2.26. The van der Waals surface area contributed by atoms with Gasteiger partial charge in [0.15, 0.2) is 6.23 Å². The number of nitrogens with zero attached hydrogens (tertiary/aromatic N) is 1. The molecule has 2 N–H and O–H groups in total. The summed E-state index contributed by atoms with van der Waals surface area (Å²) >= 11 is 0. The molecule has 1 heterocycles. The van der Waals surface area contributed by atoms with E-state index in [0.717, 1.165) is 17.7 Å². The molecule has 0 aliphatic carbocycles. The number of rotatable bonds is 0. The van der Waals surface area contributed by atoms with Gasteiger partial charge in [0.25, 0.3) is 0 Å². The van der Waals surface area contributed by atoms with Crippen molar-refractivity contribution in [2.75, 3.05) is 13.7 Å². The Bertz CT molecular complexity index is 185. The fourth-order valence-electron chi connectivity index (χ4n) is 1.44. The van der Waals surface area contributed by atoms with Gasteiger partial charge >= 0.3 is 6.09 Å². The van der Waals surface area contributed by atoms with E-state index in [9.17, 15) is 15.0 Å². The van der Waals surface area contributed by atoms with Crippen molar-refractivity contribution in [2.24, 2.45) is 0 Å². The Morgan fingerprint density at radius 3 is 2.77 bits per heavy atom. The van der Waals surface area contributed by atoms with Crippen LogP contribution in [0.25, 0.3) is 0 Å². The maximum Gasteiger partial charge on any atom is 0.411 e. The molecule has 1 aliphatic heterocycles. The molecule has 5 nitrogen and oxygen atoms in total. The Balaban J connectivity index is 2.64. The number of amides is 1. The zero-order valence-corrected chi connectivity index (χ0v) is 7.64. The molecule has 0 spiro atoms. The number of methoxy groups -OCH3 is 1. The highest BCUT2D eigenvalue weighted by molar-refractivity contribution is 5.67. The number of aliphatic hydroxyl groups excluding tert-OH is 2. The molecule has 0 unspecified atom stereocenters. The molecule has 0 aromatic heterocycles. The van der Waals surface area contributed by atoms with Crippen LogP contribution in [0.5, 0.6) is 0 Å². The third kappa shape index (κ3) is 2.32. The normalized spacial score (nSPS) is 29.6. The first kappa shape index (κ1) is 10.3. The van der Waals surface area contributed by atoms with Crippen molar-refractivity contribution in [3.05, 3.63) is 0 Å². The molecule has 0 aromatic rings. The third-order valence-electron chi connectivity index (χ3n) is 2.22. The van der Waals surface area contributed by atoms with Crippen LogP contribution in [0.3, 0.4) is 0 Å². The van der Waals surface area contributed by atoms with Gasteiger partial charge in [-0.05, 0) is 19.3 Å². The van der Waals surface area contributed by atoms with Gasteiger partial charge in [0.1, 0.15) is 0 Å². The van der Waals surface area contributed by atoms with Gasteiger partial charge in [-0.2, -0.15) is 0 Å². The fourth-order valence-corrected chi connectivity index (χ4v) is 1.44. The molecule has 1 saturated heterocycles. The summed E-state index contributed by atoms with van der Waals surface area (Å²) in [5.41, 5.74) is 0. The number of carbonyl (C=O) groups excluding carboxylic acids is 1. The number of aliphatic hydroxyl groups is 2. The van der Waals surface area contributed by atoms with Crippen LogP contribution in [0, 0.1) is 0 Å². The van der Waals surface area contributed by atoms with Crippen molar-refractivity contribution in [1.82, 2.24) is 4.90 Å². The topological polar surface area (TPSA) is 70.0 Å². The number of hydrogen-bond acceptors (Lipinski definition) is 4. The van der Waals surface area contributed by atoms with Crippen LogP contribution in [0.1, 0.15) is 19.3 Å². The summed E-state index contributed by atoms with van der Waals surface area (Å²) < 4.78 is 4.48. The van der Waals surface area contributed by atoms with Crippen LogP contribution in [0.2, 0.25) is 0 Å². The van der Waals surface area contributed by atoms with E-state index in [1.54, 1.807) is 0 Å². The Kier molecular flexibility index (Phi) is 3.50. The predicted molar refractivity (Wildman–Crippen MR) is 45.0 cm³/mol. The molecule has 5 heteroatoms. The summed E-state index contributed by atoms with van der Waals surface area (Å²) in [6.07, 6.45) is -0.464. The highest BCUT2D eigenvalue weighted by Crippen LogP contribution is 2.16. The van der Waals surface area contributed by atoms with Gasteiger partial charge < -0.3 is 14.9 Å². The van der Waals surface area contributed by atoms with E-state index in [1.165, 1.54) is 7.11 Å². The Morgan fingerprint density at radius 2 is 2.15 bits per heavy atom. The van der Waals surface area contributed by atoms with Crippen LogP contribution in [-0.2, 0) is 4.74 Å². The fraction of sp³-hybridized carbons (Fsp3) is 0.875. The van der Waals surface area contributed by atoms with Crippen LogP contribution >= 0.6 is 0 Å². The molecule has 1 amide bonds. The second-order valence-electron chi connectivity index (χ2n) is 3.14. The van der Waals surface area contributed by atoms with E-state index >= 15 is 0 Å². The number of hydrogen-bond donors (Lipinski definition) is 2. The minimum atomic E-state index is -1.13. The van der Waals surface area contributed by atoms with Crippen molar-refractivity contribution >= 4 is 6.09 Å². The predicted octanol–water partition coefficient (Wildman–Crippen LogP) is -0.0820. The van der Waals surface area contributed by atoms with Crippen LogP contribution in [0.15, 0.2) is 0 Å². The molecular weight excluding hydrogens is 174 g/mol. The van der Waals surface area contributed by atoms with Crippen LogP contribution in [0.4, 0.5) is 4.79 Å². The first-order valence-corrected chi connectivity index (χ1v) is 4.37. The SMILES string of the molecule is COC(=O)N1CCCC[C@@H](O)[C@H]1O. The van der Waals surface area contributed by atoms with Gasteiger partial charge in [0, 0.05) is 6.54 Å². The zero-order valence-electron chi connectivity index (χ0n) is 7.64. The number of carbonyl (C=O) groups is 1. The summed E-state index contributed by atoms with van der Waals surface area (Å²) in [6, 6.07) is 0. The highest BCUT2D eigenvalue weighted by atomic mass is 16.5. The lowest BCUT2D eigenvalue weighted by atomic mass is 10.2. The standard InChI is InChI=1S/C8H15NO4/c1-13-8(12)9-5-3-2-4-6(10)7(9)11/h6-7,10-11H,2-5H2,1H3/t6-,7-/m1/s1. The van der Waals surface area contributed by atoms with Crippen molar-refractivity contribution in [2.45, 2.75) is 31.6 Å². The van der Waals surface area contributed by atoms with Crippen molar-refractivity contribution in [1.29, 1.82) is 0 Å². The highest BCUT2D eigenvalue weighted by Gasteiger charge is 2.30. The zero-order chi connectivity index (χ0) is 9.84. The molecule has 76 valence electrons. The second kappa shape index (κ2) is 4.43. The first-order valence-electron chi connectivity index (χ1n) is 4.37. The smallest absolute Gasteiger partial charge is 0.411 e.